The van der Waals surface area contributed by atoms with Crippen LogP contribution in [-0.2, 0) is 21.9 Å². The highest BCUT2D eigenvalue weighted by Gasteiger charge is 2.30. The maximum absolute atomic E-state index is 13.4. The van der Waals surface area contributed by atoms with Crippen molar-refractivity contribution in [1.29, 1.82) is 0 Å². The second-order valence-electron chi connectivity index (χ2n) is 8.90. The molecule has 0 unspecified atom stereocenters. The van der Waals surface area contributed by atoms with Crippen LogP contribution in [0.3, 0.4) is 0 Å². The molecular weight excluding hydrogens is 452 g/mol. The van der Waals surface area contributed by atoms with E-state index in [1.807, 2.05) is 56.3 Å². The van der Waals surface area contributed by atoms with Crippen molar-refractivity contribution in [2.75, 3.05) is 5.75 Å². The van der Waals surface area contributed by atoms with E-state index < -0.39 is 6.04 Å². The molecular formula is C27H35ClN2O2S. The molecule has 0 bridgehead atoms. The van der Waals surface area contributed by atoms with Crippen LogP contribution in [0.1, 0.15) is 62.1 Å². The number of hydrogen-bond donors (Lipinski definition) is 1. The topological polar surface area (TPSA) is 49.4 Å². The van der Waals surface area contributed by atoms with Gasteiger partial charge in [-0.1, -0.05) is 79.7 Å². The average Bonchev–Trinajstić information content (AvgIpc) is 2.81. The molecule has 1 fully saturated rings. The lowest BCUT2D eigenvalue weighted by Gasteiger charge is -2.33. The summed E-state index contributed by atoms with van der Waals surface area (Å²) < 4.78 is 0. The first-order valence-electron chi connectivity index (χ1n) is 11.9. The number of rotatable bonds is 10. The van der Waals surface area contributed by atoms with Gasteiger partial charge in [0, 0.05) is 23.4 Å². The summed E-state index contributed by atoms with van der Waals surface area (Å²) in [6.45, 7) is 4.48. The Morgan fingerprint density at radius 3 is 2.48 bits per heavy atom. The molecule has 1 aliphatic carbocycles. The fraction of sp³-hybridized carbons (Fsp3) is 0.481. The van der Waals surface area contributed by atoms with Gasteiger partial charge in [0.1, 0.15) is 6.04 Å². The van der Waals surface area contributed by atoms with E-state index in [9.17, 15) is 9.59 Å². The Labute approximate surface area is 207 Å². The maximum Gasteiger partial charge on any atom is 0.243 e. The number of carbonyl (C=O) groups is 2. The largest absolute Gasteiger partial charge is 0.352 e. The van der Waals surface area contributed by atoms with E-state index in [0.717, 1.165) is 48.1 Å². The molecule has 1 atom stereocenters. The summed E-state index contributed by atoms with van der Waals surface area (Å²) in [7, 11) is 0. The third-order valence-corrected chi connectivity index (χ3v) is 7.42. The van der Waals surface area contributed by atoms with Gasteiger partial charge >= 0.3 is 0 Å². The highest BCUT2D eigenvalue weighted by Crippen LogP contribution is 2.21. The molecule has 0 aromatic heterocycles. The quantitative estimate of drug-likeness (QED) is 0.439. The zero-order chi connectivity index (χ0) is 23.6. The summed E-state index contributed by atoms with van der Waals surface area (Å²) in [5.74, 6) is 1.04. The fourth-order valence-corrected chi connectivity index (χ4v) is 5.39. The molecule has 1 aliphatic rings. The number of hydrogen-bond acceptors (Lipinski definition) is 3. The summed E-state index contributed by atoms with van der Waals surface area (Å²) >= 11 is 7.54. The summed E-state index contributed by atoms with van der Waals surface area (Å²) in [6.07, 6.45) is 6.23. The van der Waals surface area contributed by atoms with Crippen LogP contribution >= 0.6 is 23.4 Å². The molecule has 2 aromatic rings. The van der Waals surface area contributed by atoms with Gasteiger partial charge < -0.3 is 10.2 Å². The van der Waals surface area contributed by atoms with Crippen LogP contribution in [0.5, 0.6) is 0 Å². The van der Waals surface area contributed by atoms with Crippen molar-refractivity contribution in [3.05, 3.63) is 70.2 Å². The van der Waals surface area contributed by atoms with Crippen LogP contribution in [-0.4, -0.2) is 34.6 Å². The Morgan fingerprint density at radius 2 is 1.82 bits per heavy atom. The lowest BCUT2D eigenvalue weighted by atomic mass is 9.95. The number of amides is 2. The molecule has 0 aliphatic heterocycles. The van der Waals surface area contributed by atoms with Crippen LogP contribution in [0, 0.1) is 6.92 Å². The van der Waals surface area contributed by atoms with Gasteiger partial charge in [-0.25, -0.2) is 0 Å². The van der Waals surface area contributed by atoms with Crippen molar-refractivity contribution in [2.45, 2.75) is 76.8 Å². The number of carbonyl (C=O) groups excluding carboxylic acids is 2. The van der Waals surface area contributed by atoms with E-state index in [4.69, 9.17) is 11.6 Å². The maximum atomic E-state index is 13.4. The Morgan fingerprint density at radius 1 is 1.09 bits per heavy atom. The highest BCUT2D eigenvalue weighted by molar-refractivity contribution is 7.99. The molecule has 6 heteroatoms. The van der Waals surface area contributed by atoms with Crippen LogP contribution in [0.4, 0.5) is 0 Å². The first kappa shape index (κ1) is 25.6. The van der Waals surface area contributed by atoms with Gasteiger partial charge in [0.2, 0.25) is 11.8 Å². The standard InChI is InChI=1S/C27H35ClN2O2S/c1-3-25(27(32)29-24-10-5-4-6-11-24)30(17-22-9-7-8-20(2)16-22)26(31)19-33-18-21-12-14-23(28)15-13-21/h7-9,12-16,24-25H,3-6,10-11,17-19H2,1-2H3,(H,29,32)/t25-/m1/s1. The minimum absolute atomic E-state index is 0.00103. The normalized spacial score (nSPS) is 15.1. The van der Waals surface area contributed by atoms with Crippen molar-refractivity contribution >= 4 is 35.2 Å². The highest BCUT2D eigenvalue weighted by atomic mass is 35.5. The van der Waals surface area contributed by atoms with Crippen molar-refractivity contribution in [3.63, 3.8) is 0 Å². The van der Waals surface area contributed by atoms with Gasteiger partial charge in [-0.3, -0.25) is 9.59 Å². The molecule has 0 saturated heterocycles. The predicted octanol–water partition coefficient (Wildman–Crippen LogP) is 6.14. The molecule has 33 heavy (non-hydrogen) atoms. The first-order valence-corrected chi connectivity index (χ1v) is 13.5. The molecule has 3 rings (SSSR count). The van der Waals surface area contributed by atoms with Gasteiger partial charge in [-0.2, -0.15) is 0 Å². The molecule has 1 N–H and O–H groups in total. The van der Waals surface area contributed by atoms with Crippen LogP contribution < -0.4 is 5.32 Å². The number of nitrogens with one attached hydrogen (secondary N) is 1. The van der Waals surface area contributed by atoms with Gasteiger partial charge in [0.15, 0.2) is 0 Å². The molecule has 2 amide bonds. The van der Waals surface area contributed by atoms with Gasteiger partial charge in [0.25, 0.3) is 0 Å². The van der Waals surface area contributed by atoms with Crippen molar-refractivity contribution in [1.82, 2.24) is 10.2 Å². The Kier molecular flexibility index (Phi) is 10.1. The molecule has 1 saturated carbocycles. The third kappa shape index (κ3) is 8.08. The fourth-order valence-electron chi connectivity index (χ4n) is 4.39. The van der Waals surface area contributed by atoms with Crippen LogP contribution in [0.15, 0.2) is 48.5 Å². The second kappa shape index (κ2) is 13.0. The first-order chi connectivity index (χ1) is 16.0. The monoisotopic (exact) mass is 486 g/mol. The van der Waals surface area contributed by atoms with E-state index in [0.29, 0.717) is 23.7 Å². The van der Waals surface area contributed by atoms with Crippen molar-refractivity contribution in [2.24, 2.45) is 0 Å². The van der Waals surface area contributed by atoms with E-state index in [1.165, 1.54) is 6.42 Å². The van der Waals surface area contributed by atoms with Gasteiger partial charge in [0.05, 0.1) is 5.75 Å². The number of nitrogens with zero attached hydrogens (tertiary/aromatic N) is 1. The molecule has 0 spiro atoms. The summed E-state index contributed by atoms with van der Waals surface area (Å²) in [6, 6.07) is 15.6. The lowest BCUT2D eigenvalue weighted by Crippen LogP contribution is -2.52. The van der Waals surface area contributed by atoms with Crippen LogP contribution in [0.25, 0.3) is 0 Å². The van der Waals surface area contributed by atoms with Crippen LogP contribution in [0.2, 0.25) is 5.02 Å². The van der Waals surface area contributed by atoms with E-state index in [2.05, 4.69) is 11.4 Å². The zero-order valence-electron chi connectivity index (χ0n) is 19.7. The minimum atomic E-state index is -0.462. The summed E-state index contributed by atoms with van der Waals surface area (Å²) in [5, 5.41) is 3.94. The number of halogens is 1. The zero-order valence-corrected chi connectivity index (χ0v) is 21.3. The van der Waals surface area contributed by atoms with Gasteiger partial charge in [-0.15, -0.1) is 11.8 Å². The molecule has 0 heterocycles. The Balaban J connectivity index is 1.69. The second-order valence-corrected chi connectivity index (χ2v) is 10.3. The molecule has 178 valence electrons. The minimum Gasteiger partial charge on any atom is -0.352 e. The molecule has 2 aromatic carbocycles. The van der Waals surface area contributed by atoms with E-state index in [1.54, 1.807) is 16.7 Å². The Hall–Kier alpha value is -1.98. The lowest BCUT2D eigenvalue weighted by molar-refractivity contribution is -0.139. The number of aryl methyl sites for hydroxylation is 1. The number of benzene rings is 2. The van der Waals surface area contributed by atoms with Gasteiger partial charge in [-0.05, 0) is 49.4 Å². The number of thioether (sulfide) groups is 1. The van der Waals surface area contributed by atoms with Crippen molar-refractivity contribution in [3.8, 4) is 0 Å². The SMILES string of the molecule is CC[C@H](C(=O)NC1CCCCC1)N(Cc1cccc(C)c1)C(=O)CSCc1ccc(Cl)cc1. The smallest absolute Gasteiger partial charge is 0.243 e. The Bertz CT molecular complexity index is 913. The van der Waals surface area contributed by atoms with E-state index in [-0.39, 0.29) is 17.9 Å². The van der Waals surface area contributed by atoms with Crippen molar-refractivity contribution < 1.29 is 9.59 Å². The predicted molar refractivity (Wildman–Crippen MR) is 138 cm³/mol. The summed E-state index contributed by atoms with van der Waals surface area (Å²) in [4.78, 5) is 28.4. The molecule has 0 radical (unpaired) electrons. The average molecular weight is 487 g/mol. The van der Waals surface area contributed by atoms with E-state index >= 15 is 0 Å². The third-order valence-electron chi connectivity index (χ3n) is 6.18. The molecule has 4 nitrogen and oxygen atoms in total. The summed E-state index contributed by atoms with van der Waals surface area (Å²) in [5.41, 5.74) is 3.33.